The Morgan fingerprint density at radius 2 is 2.06 bits per heavy atom. The van der Waals surface area contributed by atoms with Gasteiger partial charge in [-0.05, 0) is 31.9 Å². The van der Waals surface area contributed by atoms with Crippen LogP contribution in [0.3, 0.4) is 0 Å². The van der Waals surface area contributed by atoms with Crippen LogP contribution in [-0.4, -0.2) is 34.8 Å². The van der Waals surface area contributed by atoms with Crippen molar-refractivity contribution in [1.29, 1.82) is 0 Å². The Morgan fingerprint density at radius 1 is 1.39 bits per heavy atom. The third-order valence-electron chi connectivity index (χ3n) is 3.30. The van der Waals surface area contributed by atoms with Crippen LogP contribution in [0, 0.1) is 6.92 Å². The zero-order valence-corrected chi connectivity index (χ0v) is 12.0. The molecule has 3 nitrogen and oxygen atoms in total. The highest BCUT2D eigenvalue weighted by molar-refractivity contribution is 7.85. The number of nitrogens with two attached hydrogens (primary N) is 1. The number of hydrogen-bond acceptors (Lipinski definition) is 3. The molecule has 1 aromatic carbocycles. The lowest BCUT2D eigenvalue weighted by Crippen LogP contribution is -2.38. The molecule has 1 fully saturated rings. The van der Waals surface area contributed by atoms with E-state index < -0.39 is 10.8 Å². The Morgan fingerprint density at radius 3 is 2.67 bits per heavy atom. The fourth-order valence-electron chi connectivity index (χ4n) is 2.41. The van der Waals surface area contributed by atoms with Crippen molar-refractivity contribution in [3.63, 3.8) is 0 Å². The van der Waals surface area contributed by atoms with Crippen molar-refractivity contribution in [2.24, 2.45) is 5.73 Å². The van der Waals surface area contributed by atoms with Crippen molar-refractivity contribution in [3.05, 3.63) is 29.3 Å². The van der Waals surface area contributed by atoms with Gasteiger partial charge >= 0.3 is 0 Å². The second-order valence-electron chi connectivity index (χ2n) is 5.15. The van der Waals surface area contributed by atoms with Gasteiger partial charge in [-0.1, -0.05) is 17.7 Å². The summed E-state index contributed by atoms with van der Waals surface area (Å²) >= 11 is 0. The van der Waals surface area contributed by atoms with Crippen molar-refractivity contribution in [3.8, 4) is 0 Å². The van der Waals surface area contributed by atoms with Crippen molar-refractivity contribution in [2.75, 3.05) is 29.5 Å². The number of benzene rings is 1. The maximum Gasteiger partial charge on any atom is 0.0411 e. The van der Waals surface area contributed by atoms with E-state index in [1.165, 1.54) is 16.8 Å². The Labute approximate surface area is 112 Å². The molecule has 18 heavy (non-hydrogen) atoms. The molecule has 1 aliphatic rings. The van der Waals surface area contributed by atoms with E-state index in [2.05, 4.69) is 30.0 Å². The summed E-state index contributed by atoms with van der Waals surface area (Å²) < 4.78 is 11.4. The molecule has 0 aliphatic carbocycles. The number of anilines is 1. The third kappa shape index (κ3) is 3.33. The average Bonchev–Trinajstić information content (AvgIpc) is 2.30. The average molecular weight is 266 g/mol. The lowest BCUT2D eigenvalue weighted by molar-refractivity contribution is 0.672. The molecule has 1 saturated heterocycles. The monoisotopic (exact) mass is 266 g/mol. The lowest BCUT2D eigenvalue weighted by atomic mass is 10.0. The quantitative estimate of drug-likeness (QED) is 0.901. The summed E-state index contributed by atoms with van der Waals surface area (Å²) in [5.74, 6) is 1.57. The lowest BCUT2D eigenvalue weighted by Gasteiger charge is -2.30. The molecule has 1 unspecified atom stereocenters. The van der Waals surface area contributed by atoms with Crippen molar-refractivity contribution in [1.82, 2.24) is 0 Å². The molecule has 0 saturated carbocycles. The van der Waals surface area contributed by atoms with Crippen molar-refractivity contribution in [2.45, 2.75) is 26.3 Å². The van der Waals surface area contributed by atoms with Crippen molar-refractivity contribution < 1.29 is 4.21 Å². The molecule has 100 valence electrons. The number of nitrogens with zero attached hydrogens (tertiary/aromatic N) is 1. The summed E-state index contributed by atoms with van der Waals surface area (Å²) in [6, 6.07) is 6.72. The molecule has 1 atom stereocenters. The minimum atomic E-state index is -0.623. The van der Waals surface area contributed by atoms with Crippen LogP contribution in [0.15, 0.2) is 18.2 Å². The van der Waals surface area contributed by atoms with Crippen LogP contribution < -0.4 is 10.6 Å². The molecule has 1 aromatic rings. The minimum absolute atomic E-state index is 0.171. The van der Waals surface area contributed by atoms with E-state index in [-0.39, 0.29) is 6.04 Å². The number of hydrogen-bond donors (Lipinski definition) is 1. The Bertz CT molecular complexity index is 435. The van der Waals surface area contributed by atoms with Crippen LogP contribution >= 0.6 is 0 Å². The molecule has 0 spiro atoms. The van der Waals surface area contributed by atoms with Gasteiger partial charge in [0.1, 0.15) is 0 Å². The fourth-order valence-corrected chi connectivity index (χ4v) is 3.46. The zero-order valence-electron chi connectivity index (χ0n) is 11.2. The standard InChI is InChI=1S/C14H22N2OS/c1-11-3-4-14(13(9-11)10-12(2)15)16-5-7-18(17)8-6-16/h3-4,9,12H,5-8,10,15H2,1-2H3. The van der Waals surface area contributed by atoms with E-state index in [1.807, 2.05) is 6.92 Å². The predicted molar refractivity (Wildman–Crippen MR) is 78.6 cm³/mol. The predicted octanol–water partition coefficient (Wildman–Crippen LogP) is 1.45. The first-order chi connectivity index (χ1) is 8.56. The molecule has 0 aromatic heterocycles. The summed E-state index contributed by atoms with van der Waals surface area (Å²) in [4.78, 5) is 2.35. The van der Waals surface area contributed by atoms with Crippen LogP contribution in [0.2, 0.25) is 0 Å². The van der Waals surface area contributed by atoms with Crippen molar-refractivity contribution >= 4 is 16.5 Å². The molecule has 4 heteroatoms. The van der Waals surface area contributed by atoms with Gasteiger partial charge in [-0.15, -0.1) is 0 Å². The summed E-state index contributed by atoms with van der Waals surface area (Å²) in [6.45, 7) is 5.93. The van der Waals surface area contributed by atoms with E-state index in [0.29, 0.717) is 0 Å². The molecular weight excluding hydrogens is 244 g/mol. The summed E-state index contributed by atoms with van der Waals surface area (Å²) in [6.07, 6.45) is 0.899. The smallest absolute Gasteiger partial charge is 0.0411 e. The van der Waals surface area contributed by atoms with Gasteiger partial charge in [0.2, 0.25) is 0 Å². The highest BCUT2D eigenvalue weighted by Gasteiger charge is 2.18. The van der Waals surface area contributed by atoms with Gasteiger partial charge in [0.15, 0.2) is 0 Å². The Hall–Kier alpha value is -0.870. The molecule has 0 amide bonds. The van der Waals surface area contributed by atoms with E-state index in [1.54, 1.807) is 0 Å². The minimum Gasteiger partial charge on any atom is -0.369 e. The largest absolute Gasteiger partial charge is 0.369 e. The van der Waals surface area contributed by atoms with Gasteiger partial charge in [0.05, 0.1) is 0 Å². The maximum atomic E-state index is 11.4. The van der Waals surface area contributed by atoms with Gasteiger partial charge in [0, 0.05) is 47.1 Å². The number of rotatable bonds is 3. The van der Waals surface area contributed by atoms with Crippen LogP contribution in [0.1, 0.15) is 18.1 Å². The Kier molecular flexibility index (Phi) is 4.40. The first-order valence-electron chi connectivity index (χ1n) is 6.51. The first kappa shape index (κ1) is 13.6. The van der Waals surface area contributed by atoms with Gasteiger partial charge in [0.25, 0.3) is 0 Å². The van der Waals surface area contributed by atoms with Crippen LogP contribution in [0.5, 0.6) is 0 Å². The zero-order chi connectivity index (χ0) is 13.1. The number of aryl methyl sites for hydroxylation is 1. The maximum absolute atomic E-state index is 11.4. The summed E-state index contributed by atoms with van der Waals surface area (Å²) in [5, 5.41) is 0. The van der Waals surface area contributed by atoms with E-state index in [4.69, 9.17) is 5.73 Å². The van der Waals surface area contributed by atoms with Gasteiger partial charge in [-0.2, -0.15) is 0 Å². The topological polar surface area (TPSA) is 46.3 Å². The molecule has 2 rings (SSSR count). The second kappa shape index (κ2) is 5.85. The van der Waals surface area contributed by atoms with Gasteiger partial charge in [-0.3, -0.25) is 4.21 Å². The highest BCUT2D eigenvalue weighted by atomic mass is 32.2. The van der Waals surface area contributed by atoms with E-state index in [0.717, 1.165) is 31.0 Å². The third-order valence-corrected chi connectivity index (χ3v) is 4.57. The normalized spacial score (nSPS) is 18.9. The van der Waals surface area contributed by atoms with Crippen LogP contribution in [0.25, 0.3) is 0 Å². The highest BCUT2D eigenvalue weighted by Crippen LogP contribution is 2.24. The van der Waals surface area contributed by atoms with Crippen LogP contribution in [0.4, 0.5) is 5.69 Å². The second-order valence-corrected chi connectivity index (χ2v) is 6.84. The SMILES string of the molecule is Cc1ccc(N2CCS(=O)CC2)c(CC(C)N)c1. The fraction of sp³-hybridized carbons (Fsp3) is 0.571. The Balaban J connectivity index is 2.23. The van der Waals surface area contributed by atoms with E-state index >= 15 is 0 Å². The molecule has 1 heterocycles. The van der Waals surface area contributed by atoms with Gasteiger partial charge < -0.3 is 10.6 Å². The molecular formula is C14H22N2OS. The van der Waals surface area contributed by atoms with E-state index in [9.17, 15) is 4.21 Å². The molecule has 2 N–H and O–H groups in total. The summed E-state index contributed by atoms with van der Waals surface area (Å²) in [7, 11) is -0.623. The molecule has 0 radical (unpaired) electrons. The summed E-state index contributed by atoms with van der Waals surface area (Å²) in [5.41, 5.74) is 9.79. The molecule has 0 bridgehead atoms. The van der Waals surface area contributed by atoms with Gasteiger partial charge in [-0.25, -0.2) is 0 Å². The molecule has 1 aliphatic heterocycles. The first-order valence-corrected chi connectivity index (χ1v) is 8.00. The van der Waals surface area contributed by atoms with Crippen LogP contribution in [-0.2, 0) is 17.2 Å².